The van der Waals surface area contributed by atoms with E-state index < -0.39 is 0 Å². The Morgan fingerprint density at radius 3 is 2.86 bits per heavy atom. The van der Waals surface area contributed by atoms with Crippen molar-refractivity contribution >= 4 is 0 Å². The van der Waals surface area contributed by atoms with Gasteiger partial charge in [-0.3, -0.25) is 4.90 Å². The second-order valence-corrected chi connectivity index (χ2v) is 7.25. The van der Waals surface area contributed by atoms with Crippen LogP contribution in [0.3, 0.4) is 0 Å². The molecule has 0 bridgehead atoms. The van der Waals surface area contributed by atoms with Gasteiger partial charge in [0, 0.05) is 31.3 Å². The number of furan rings is 1. The SMILES string of the molecule is COC1CN(Cc2occc2CNC(C)(C)C)CCC1C. The number of rotatable bonds is 5. The maximum atomic E-state index is 5.71. The molecule has 2 heterocycles. The normalized spacial score (nSPS) is 24.4. The first-order valence-corrected chi connectivity index (χ1v) is 7.94. The summed E-state index contributed by atoms with van der Waals surface area (Å²) in [6.07, 6.45) is 3.33. The summed E-state index contributed by atoms with van der Waals surface area (Å²) in [5.74, 6) is 1.72. The van der Waals surface area contributed by atoms with Crippen LogP contribution in [0.15, 0.2) is 16.7 Å². The van der Waals surface area contributed by atoms with Crippen LogP contribution in [0, 0.1) is 5.92 Å². The third-order valence-corrected chi connectivity index (χ3v) is 4.29. The van der Waals surface area contributed by atoms with E-state index in [1.165, 1.54) is 12.0 Å². The van der Waals surface area contributed by atoms with Crippen molar-refractivity contribution in [3.05, 3.63) is 23.7 Å². The fourth-order valence-corrected chi connectivity index (χ4v) is 2.77. The third-order valence-electron chi connectivity index (χ3n) is 4.29. The molecule has 0 spiro atoms. The Balaban J connectivity index is 1.93. The average Bonchev–Trinajstić information content (AvgIpc) is 2.85. The molecule has 120 valence electrons. The maximum absolute atomic E-state index is 5.71. The fourth-order valence-electron chi connectivity index (χ4n) is 2.77. The lowest BCUT2D eigenvalue weighted by Gasteiger charge is -2.35. The van der Waals surface area contributed by atoms with Crippen molar-refractivity contribution < 1.29 is 9.15 Å². The Bertz CT molecular complexity index is 436. The molecule has 0 amide bonds. The van der Waals surface area contributed by atoms with Gasteiger partial charge in [-0.25, -0.2) is 0 Å². The highest BCUT2D eigenvalue weighted by atomic mass is 16.5. The molecule has 2 unspecified atom stereocenters. The molecule has 1 aliphatic heterocycles. The van der Waals surface area contributed by atoms with Gasteiger partial charge in [0.25, 0.3) is 0 Å². The molecule has 0 aliphatic carbocycles. The molecule has 4 nitrogen and oxygen atoms in total. The summed E-state index contributed by atoms with van der Waals surface area (Å²) >= 11 is 0. The third kappa shape index (κ3) is 4.83. The van der Waals surface area contributed by atoms with Crippen LogP contribution in [-0.4, -0.2) is 36.7 Å². The Kier molecular flexibility index (Phi) is 5.47. The molecule has 1 aliphatic rings. The Morgan fingerprint density at radius 1 is 1.43 bits per heavy atom. The smallest absolute Gasteiger partial charge is 0.122 e. The van der Waals surface area contributed by atoms with E-state index in [2.05, 4.69) is 44.0 Å². The molecular weight excluding hydrogens is 264 g/mol. The van der Waals surface area contributed by atoms with Crippen LogP contribution < -0.4 is 5.32 Å². The summed E-state index contributed by atoms with van der Waals surface area (Å²) in [6, 6.07) is 2.08. The van der Waals surface area contributed by atoms with E-state index >= 15 is 0 Å². The van der Waals surface area contributed by atoms with E-state index in [0.717, 1.165) is 31.9 Å². The maximum Gasteiger partial charge on any atom is 0.122 e. The van der Waals surface area contributed by atoms with Crippen molar-refractivity contribution in [2.75, 3.05) is 20.2 Å². The zero-order valence-electron chi connectivity index (χ0n) is 14.1. The molecule has 1 saturated heterocycles. The predicted molar refractivity (Wildman–Crippen MR) is 85.2 cm³/mol. The molecule has 1 aromatic rings. The van der Waals surface area contributed by atoms with Gasteiger partial charge in [0.2, 0.25) is 0 Å². The summed E-state index contributed by atoms with van der Waals surface area (Å²) < 4.78 is 11.3. The lowest BCUT2D eigenvalue weighted by atomic mass is 9.95. The van der Waals surface area contributed by atoms with Gasteiger partial charge in [-0.15, -0.1) is 0 Å². The molecule has 2 atom stereocenters. The molecule has 21 heavy (non-hydrogen) atoms. The van der Waals surface area contributed by atoms with Crippen LogP contribution in [0.25, 0.3) is 0 Å². The minimum Gasteiger partial charge on any atom is -0.468 e. The number of likely N-dealkylation sites (tertiary alicyclic amines) is 1. The van der Waals surface area contributed by atoms with Gasteiger partial charge in [-0.1, -0.05) is 6.92 Å². The van der Waals surface area contributed by atoms with Gasteiger partial charge in [0.05, 0.1) is 18.9 Å². The molecule has 0 radical (unpaired) electrons. The standard InChI is InChI=1S/C17H30N2O2/c1-13-6-8-19(11-15(13)20-5)12-16-14(7-9-21-16)10-18-17(2,3)4/h7,9,13,15,18H,6,8,10-12H2,1-5H3. The van der Waals surface area contributed by atoms with Gasteiger partial charge >= 0.3 is 0 Å². The van der Waals surface area contributed by atoms with Crippen LogP contribution in [-0.2, 0) is 17.8 Å². The molecule has 1 fully saturated rings. The Hall–Kier alpha value is -0.840. The van der Waals surface area contributed by atoms with Gasteiger partial charge in [-0.2, -0.15) is 0 Å². The molecule has 1 N–H and O–H groups in total. The summed E-state index contributed by atoms with van der Waals surface area (Å²) in [7, 11) is 1.82. The summed E-state index contributed by atoms with van der Waals surface area (Å²) in [4.78, 5) is 2.44. The number of piperidine rings is 1. The second kappa shape index (κ2) is 6.95. The number of methoxy groups -OCH3 is 1. The van der Waals surface area contributed by atoms with Crippen molar-refractivity contribution in [2.45, 2.75) is 58.8 Å². The number of hydrogen-bond donors (Lipinski definition) is 1. The second-order valence-electron chi connectivity index (χ2n) is 7.25. The topological polar surface area (TPSA) is 37.6 Å². The number of nitrogens with zero attached hydrogens (tertiary/aromatic N) is 1. The summed E-state index contributed by atoms with van der Waals surface area (Å²) in [5, 5.41) is 3.53. The molecule has 0 saturated carbocycles. The fraction of sp³-hybridized carbons (Fsp3) is 0.765. The van der Waals surface area contributed by atoms with Gasteiger partial charge < -0.3 is 14.5 Å². The molecule has 1 aromatic heterocycles. The zero-order valence-corrected chi connectivity index (χ0v) is 14.1. The Morgan fingerprint density at radius 2 is 2.19 bits per heavy atom. The first kappa shape index (κ1) is 16.5. The number of nitrogens with one attached hydrogen (secondary N) is 1. The van der Waals surface area contributed by atoms with Gasteiger partial charge in [0.15, 0.2) is 0 Å². The quantitative estimate of drug-likeness (QED) is 0.906. The van der Waals surface area contributed by atoms with E-state index in [0.29, 0.717) is 12.0 Å². The highest BCUT2D eigenvalue weighted by molar-refractivity contribution is 5.17. The predicted octanol–water partition coefficient (Wildman–Crippen LogP) is 3.02. The Labute approximate surface area is 128 Å². The minimum absolute atomic E-state index is 0.121. The summed E-state index contributed by atoms with van der Waals surface area (Å²) in [6.45, 7) is 12.7. The average molecular weight is 294 g/mol. The van der Waals surface area contributed by atoms with Crippen molar-refractivity contribution in [1.82, 2.24) is 10.2 Å². The van der Waals surface area contributed by atoms with Crippen LogP contribution >= 0.6 is 0 Å². The van der Waals surface area contributed by atoms with Crippen LogP contribution in [0.5, 0.6) is 0 Å². The largest absolute Gasteiger partial charge is 0.468 e. The van der Waals surface area contributed by atoms with E-state index in [4.69, 9.17) is 9.15 Å². The summed E-state index contributed by atoms with van der Waals surface area (Å²) in [5.41, 5.74) is 1.38. The first-order chi connectivity index (χ1) is 9.89. The minimum atomic E-state index is 0.121. The molecular formula is C17H30N2O2. The van der Waals surface area contributed by atoms with Crippen molar-refractivity contribution in [1.29, 1.82) is 0 Å². The lowest BCUT2D eigenvalue weighted by Crippen LogP contribution is -2.43. The van der Waals surface area contributed by atoms with Gasteiger partial charge in [0.1, 0.15) is 5.76 Å². The zero-order chi connectivity index (χ0) is 15.5. The van der Waals surface area contributed by atoms with Crippen molar-refractivity contribution in [3.8, 4) is 0 Å². The van der Waals surface area contributed by atoms with E-state index in [1.54, 1.807) is 6.26 Å². The lowest BCUT2D eigenvalue weighted by molar-refractivity contribution is -0.00927. The molecule has 4 heteroatoms. The molecule has 0 aromatic carbocycles. The van der Waals surface area contributed by atoms with Crippen LogP contribution in [0.2, 0.25) is 0 Å². The number of ether oxygens (including phenoxy) is 1. The number of hydrogen-bond acceptors (Lipinski definition) is 4. The highest BCUT2D eigenvalue weighted by Gasteiger charge is 2.27. The van der Waals surface area contributed by atoms with Crippen LogP contribution in [0.4, 0.5) is 0 Å². The van der Waals surface area contributed by atoms with Crippen molar-refractivity contribution in [3.63, 3.8) is 0 Å². The van der Waals surface area contributed by atoms with Crippen LogP contribution in [0.1, 0.15) is 45.4 Å². The molecule has 2 rings (SSSR count). The highest BCUT2D eigenvalue weighted by Crippen LogP contribution is 2.22. The monoisotopic (exact) mass is 294 g/mol. The van der Waals surface area contributed by atoms with E-state index in [9.17, 15) is 0 Å². The van der Waals surface area contributed by atoms with Crippen molar-refractivity contribution in [2.24, 2.45) is 5.92 Å². The van der Waals surface area contributed by atoms with E-state index in [-0.39, 0.29) is 5.54 Å². The first-order valence-electron chi connectivity index (χ1n) is 7.94. The van der Waals surface area contributed by atoms with Gasteiger partial charge in [-0.05, 0) is 45.7 Å². The van der Waals surface area contributed by atoms with E-state index in [1.807, 2.05) is 7.11 Å².